The smallest absolute Gasteiger partial charge is 0.157 e. The second-order valence-electron chi connectivity index (χ2n) is 0.988. The highest BCUT2D eigenvalue weighted by Gasteiger charge is 1.85. The summed E-state index contributed by atoms with van der Waals surface area (Å²) < 4.78 is 1.38. The largest absolute Gasteiger partial charge is 0.183 e. The molecule has 40 valence electrons. The van der Waals surface area contributed by atoms with E-state index >= 15 is 0 Å². The molecule has 1 heterocycles. The minimum atomic E-state index is 0.931. The first-order valence-corrected chi connectivity index (χ1v) is 2.63. The van der Waals surface area contributed by atoms with E-state index in [1.54, 1.807) is 6.20 Å². The van der Waals surface area contributed by atoms with E-state index in [2.05, 4.69) is 10.3 Å². The SMILES string of the molecule is N#CSn1ccnn1. The first-order chi connectivity index (χ1) is 3.93. The molecule has 0 saturated carbocycles. The molecule has 0 bridgehead atoms. The fourth-order valence-corrected chi connectivity index (χ4v) is 0.566. The molecule has 0 amide bonds. The summed E-state index contributed by atoms with van der Waals surface area (Å²) in [5.74, 6) is 0. The van der Waals surface area contributed by atoms with Crippen molar-refractivity contribution < 1.29 is 0 Å². The summed E-state index contributed by atoms with van der Waals surface area (Å²) in [7, 11) is 0. The van der Waals surface area contributed by atoms with Gasteiger partial charge in [0.05, 0.1) is 24.3 Å². The van der Waals surface area contributed by atoms with Crippen LogP contribution >= 0.6 is 11.9 Å². The lowest BCUT2D eigenvalue weighted by Crippen LogP contribution is -1.82. The number of hydrogen-bond donors (Lipinski definition) is 0. The highest BCUT2D eigenvalue weighted by atomic mass is 32.2. The molecular weight excluding hydrogens is 124 g/mol. The summed E-state index contributed by atoms with van der Waals surface area (Å²) in [6.07, 6.45) is 3.12. The van der Waals surface area contributed by atoms with Crippen molar-refractivity contribution in [2.45, 2.75) is 0 Å². The molecule has 0 aromatic carbocycles. The average Bonchev–Trinajstić information content (AvgIpc) is 2.19. The monoisotopic (exact) mass is 126 g/mol. The lowest BCUT2D eigenvalue weighted by molar-refractivity contribution is 0.894. The molecular formula is C3H2N4S. The van der Waals surface area contributed by atoms with E-state index in [9.17, 15) is 0 Å². The number of aromatic nitrogens is 3. The molecule has 1 aromatic rings. The summed E-state index contributed by atoms with van der Waals surface area (Å²) in [4.78, 5) is 0. The van der Waals surface area contributed by atoms with Gasteiger partial charge in [-0.1, -0.05) is 5.21 Å². The first-order valence-electron chi connectivity index (χ1n) is 1.86. The summed E-state index contributed by atoms with van der Waals surface area (Å²) in [6.45, 7) is 0. The summed E-state index contributed by atoms with van der Waals surface area (Å²) in [5.41, 5.74) is 0. The third-order valence-corrected chi connectivity index (χ3v) is 0.998. The van der Waals surface area contributed by atoms with Gasteiger partial charge in [0.2, 0.25) is 0 Å². The molecule has 0 saturated heterocycles. The van der Waals surface area contributed by atoms with E-state index in [1.165, 1.54) is 10.3 Å². The third kappa shape index (κ3) is 0.978. The van der Waals surface area contributed by atoms with Crippen molar-refractivity contribution in [3.63, 3.8) is 0 Å². The Morgan fingerprint density at radius 2 is 2.62 bits per heavy atom. The van der Waals surface area contributed by atoms with Gasteiger partial charge in [0.1, 0.15) is 0 Å². The molecule has 0 aliphatic heterocycles. The van der Waals surface area contributed by atoms with Crippen LogP contribution in [0.15, 0.2) is 12.4 Å². The van der Waals surface area contributed by atoms with Crippen molar-refractivity contribution in [1.29, 1.82) is 5.26 Å². The Morgan fingerprint density at radius 1 is 1.75 bits per heavy atom. The van der Waals surface area contributed by atoms with E-state index in [1.807, 2.05) is 5.40 Å². The fraction of sp³-hybridized carbons (Fsp3) is 0. The Morgan fingerprint density at radius 3 is 3.12 bits per heavy atom. The van der Waals surface area contributed by atoms with Crippen LogP contribution in [0.4, 0.5) is 0 Å². The lowest BCUT2D eigenvalue weighted by atomic mass is 11.0. The van der Waals surface area contributed by atoms with Gasteiger partial charge < -0.3 is 0 Å². The van der Waals surface area contributed by atoms with Gasteiger partial charge in [-0.3, -0.25) is 0 Å². The molecule has 4 nitrogen and oxygen atoms in total. The van der Waals surface area contributed by atoms with Gasteiger partial charge in [-0.2, -0.15) is 9.35 Å². The zero-order chi connectivity index (χ0) is 5.82. The molecule has 0 unspecified atom stereocenters. The summed E-state index contributed by atoms with van der Waals surface area (Å²) in [5, 5.41) is 16.9. The Bertz CT molecular complexity index is 186. The molecule has 0 atom stereocenters. The van der Waals surface area contributed by atoms with E-state index in [-0.39, 0.29) is 0 Å². The highest BCUT2D eigenvalue weighted by Crippen LogP contribution is 1.96. The quantitative estimate of drug-likeness (QED) is 0.506. The van der Waals surface area contributed by atoms with Crippen LogP contribution in [-0.2, 0) is 0 Å². The first kappa shape index (κ1) is 5.12. The predicted octanol–water partition coefficient (Wildman–Crippen LogP) is 0.255. The number of nitriles is 1. The van der Waals surface area contributed by atoms with E-state index in [0.29, 0.717) is 0 Å². The van der Waals surface area contributed by atoms with E-state index in [4.69, 9.17) is 5.26 Å². The van der Waals surface area contributed by atoms with E-state index in [0.717, 1.165) is 11.9 Å². The van der Waals surface area contributed by atoms with Crippen LogP contribution in [0.1, 0.15) is 0 Å². The Balaban J connectivity index is 2.67. The van der Waals surface area contributed by atoms with Crippen molar-refractivity contribution >= 4 is 11.9 Å². The zero-order valence-electron chi connectivity index (χ0n) is 3.85. The van der Waals surface area contributed by atoms with Gasteiger partial charge in [0, 0.05) is 0 Å². The van der Waals surface area contributed by atoms with Crippen molar-refractivity contribution in [2.75, 3.05) is 0 Å². The minimum absolute atomic E-state index is 0.931. The van der Waals surface area contributed by atoms with Crippen LogP contribution in [0.5, 0.6) is 0 Å². The van der Waals surface area contributed by atoms with Crippen molar-refractivity contribution in [1.82, 2.24) is 14.4 Å². The Labute approximate surface area is 50.2 Å². The average molecular weight is 126 g/mol. The molecule has 0 aliphatic carbocycles. The van der Waals surface area contributed by atoms with Crippen molar-refractivity contribution in [2.24, 2.45) is 0 Å². The van der Waals surface area contributed by atoms with Crippen LogP contribution < -0.4 is 0 Å². The van der Waals surface area contributed by atoms with Gasteiger partial charge >= 0.3 is 0 Å². The maximum atomic E-state index is 8.06. The zero-order valence-corrected chi connectivity index (χ0v) is 4.67. The second kappa shape index (κ2) is 2.33. The normalized spacial score (nSPS) is 8.38. The van der Waals surface area contributed by atoms with Gasteiger partial charge in [-0.25, -0.2) is 0 Å². The van der Waals surface area contributed by atoms with Gasteiger partial charge in [-0.15, -0.1) is 5.10 Å². The minimum Gasteiger partial charge on any atom is -0.183 e. The summed E-state index contributed by atoms with van der Waals surface area (Å²) in [6, 6.07) is 0. The third-order valence-electron chi connectivity index (χ3n) is 0.535. The lowest BCUT2D eigenvalue weighted by Gasteiger charge is -1.80. The van der Waals surface area contributed by atoms with Crippen LogP contribution in [-0.4, -0.2) is 14.4 Å². The predicted molar refractivity (Wildman–Crippen MR) is 28.6 cm³/mol. The Hall–Kier alpha value is -1.02. The highest BCUT2D eigenvalue weighted by molar-refractivity contribution is 8.02. The Kier molecular flexibility index (Phi) is 1.49. The van der Waals surface area contributed by atoms with E-state index < -0.39 is 0 Å². The van der Waals surface area contributed by atoms with Crippen LogP contribution in [0, 0.1) is 10.7 Å². The second-order valence-corrected chi connectivity index (χ2v) is 1.73. The maximum absolute atomic E-state index is 8.06. The fourth-order valence-electron chi connectivity index (χ4n) is 0.288. The molecule has 0 spiro atoms. The van der Waals surface area contributed by atoms with Crippen molar-refractivity contribution in [3.8, 4) is 5.40 Å². The molecule has 0 N–H and O–H groups in total. The molecule has 8 heavy (non-hydrogen) atoms. The van der Waals surface area contributed by atoms with Gasteiger partial charge in [0.15, 0.2) is 5.40 Å². The molecule has 0 fully saturated rings. The molecule has 1 rings (SSSR count). The number of thiocyanates is 1. The standard InChI is InChI=1S/C3H2N4S/c4-3-8-7-2-1-5-6-7/h1-2H. The number of rotatable bonds is 1. The van der Waals surface area contributed by atoms with Crippen LogP contribution in [0.3, 0.4) is 0 Å². The van der Waals surface area contributed by atoms with Gasteiger partial charge in [-0.05, 0) is 0 Å². The topological polar surface area (TPSA) is 54.5 Å². The number of hydrogen-bond acceptors (Lipinski definition) is 4. The van der Waals surface area contributed by atoms with Crippen molar-refractivity contribution in [3.05, 3.63) is 12.4 Å². The van der Waals surface area contributed by atoms with Crippen LogP contribution in [0.2, 0.25) is 0 Å². The number of nitrogens with zero attached hydrogens (tertiary/aromatic N) is 4. The molecule has 0 radical (unpaired) electrons. The molecule has 5 heteroatoms. The van der Waals surface area contributed by atoms with Crippen LogP contribution in [0.25, 0.3) is 0 Å². The molecule has 0 aliphatic rings. The summed E-state index contributed by atoms with van der Waals surface area (Å²) >= 11 is 0.931. The maximum Gasteiger partial charge on any atom is 0.157 e. The van der Waals surface area contributed by atoms with Gasteiger partial charge in [0.25, 0.3) is 0 Å². The molecule has 1 aromatic heterocycles.